The summed E-state index contributed by atoms with van der Waals surface area (Å²) in [6.07, 6.45) is 4.72. The second-order valence-corrected chi connectivity index (χ2v) is 4.58. The number of benzene rings is 1. The van der Waals surface area contributed by atoms with E-state index in [1.807, 2.05) is 6.07 Å². The van der Waals surface area contributed by atoms with Crippen LogP contribution in [0.5, 0.6) is 0 Å². The number of nitrogens with one attached hydrogen (secondary N) is 1. The lowest BCUT2D eigenvalue weighted by Crippen LogP contribution is -2.44. The molecule has 3 N–H and O–H groups in total. The Morgan fingerprint density at radius 1 is 1.39 bits per heavy atom. The molecule has 1 aliphatic carbocycles. The standard InChI is InChI=1S/C12H14FN5/c13-11-5-9(17-10-3-8(14)4-10)1-2-12(11)18-7-15-6-16-18/h1-2,5-8,10,17H,3-4,14H2. The van der Waals surface area contributed by atoms with Crippen LogP contribution in [0, 0.1) is 5.82 Å². The molecule has 2 aromatic rings. The number of hydrogen-bond donors (Lipinski definition) is 2. The maximum Gasteiger partial charge on any atom is 0.150 e. The Balaban J connectivity index is 1.77. The van der Waals surface area contributed by atoms with Crippen molar-refractivity contribution in [2.75, 3.05) is 5.32 Å². The summed E-state index contributed by atoms with van der Waals surface area (Å²) >= 11 is 0. The summed E-state index contributed by atoms with van der Waals surface area (Å²) in [5.74, 6) is -0.325. The first kappa shape index (κ1) is 11.2. The minimum absolute atomic E-state index is 0.279. The van der Waals surface area contributed by atoms with Crippen LogP contribution in [0.3, 0.4) is 0 Å². The van der Waals surface area contributed by atoms with Gasteiger partial charge in [0.2, 0.25) is 0 Å². The molecule has 3 rings (SSSR count). The summed E-state index contributed by atoms with van der Waals surface area (Å²) in [4.78, 5) is 3.80. The minimum atomic E-state index is -0.325. The minimum Gasteiger partial charge on any atom is -0.382 e. The van der Waals surface area contributed by atoms with Gasteiger partial charge in [0, 0.05) is 17.8 Å². The van der Waals surface area contributed by atoms with Crippen LogP contribution >= 0.6 is 0 Å². The molecule has 1 aromatic carbocycles. The van der Waals surface area contributed by atoms with Gasteiger partial charge in [0.15, 0.2) is 5.82 Å². The zero-order chi connectivity index (χ0) is 12.5. The molecular weight excluding hydrogens is 233 g/mol. The molecule has 0 bridgehead atoms. The van der Waals surface area contributed by atoms with E-state index < -0.39 is 0 Å². The second-order valence-electron chi connectivity index (χ2n) is 4.58. The van der Waals surface area contributed by atoms with E-state index in [0.29, 0.717) is 11.7 Å². The van der Waals surface area contributed by atoms with E-state index in [-0.39, 0.29) is 11.9 Å². The van der Waals surface area contributed by atoms with Crippen molar-refractivity contribution in [3.63, 3.8) is 0 Å². The van der Waals surface area contributed by atoms with Gasteiger partial charge in [-0.15, -0.1) is 0 Å². The number of halogens is 1. The summed E-state index contributed by atoms with van der Waals surface area (Å²) in [6, 6.07) is 5.63. The second kappa shape index (κ2) is 4.38. The summed E-state index contributed by atoms with van der Waals surface area (Å²) in [5, 5.41) is 7.16. The number of nitrogens with two attached hydrogens (primary N) is 1. The van der Waals surface area contributed by atoms with Gasteiger partial charge in [-0.3, -0.25) is 0 Å². The molecule has 94 valence electrons. The summed E-state index contributed by atoms with van der Waals surface area (Å²) in [6.45, 7) is 0. The molecule has 0 atom stereocenters. The maximum atomic E-state index is 13.9. The number of nitrogens with zero attached hydrogens (tertiary/aromatic N) is 3. The topological polar surface area (TPSA) is 68.8 Å². The molecule has 5 nitrogen and oxygen atoms in total. The predicted octanol–water partition coefficient (Wildman–Crippen LogP) is 1.31. The Morgan fingerprint density at radius 3 is 2.83 bits per heavy atom. The van der Waals surface area contributed by atoms with Crippen molar-refractivity contribution >= 4 is 5.69 Å². The zero-order valence-electron chi connectivity index (χ0n) is 9.75. The fraction of sp³-hybridized carbons (Fsp3) is 0.333. The molecule has 0 amide bonds. The highest BCUT2D eigenvalue weighted by Gasteiger charge is 2.25. The van der Waals surface area contributed by atoms with Crippen molar-refractivity contribution < 1.29 is 4.39 Å². The van der Waals surface area contributed by atoms with E-state index in [9.17, 15) is 4.39 Å². The van der Waals surface area contributed by atoms with Crippen LogP contribution in [0.15, 0.2) is 30.9 Å². The smallest absolute Gasteiger partial charge is 0.150 e. The van der Waals surface area contributed by atoms with Gasteiger partial charge in [-0.25, -0.2) is 14.1 Å². The van der Waals surface area contributed by atoms with Crippen molar-refractivity contribution in [2.45, 2.75) is 24.9 Å². The van der Waals surface area contributed by atoms with Crippen LogP contribution in [0.1, 0.15) is 12.8 Å². The van der Waals surface area contributed by atoms with Gasteiger partial charge in [0.25, 0.3) is 0 Å². The van der Waals surface area contributed by atoms with Crippen LogP contribution in [-0.2, 0) is 0 Å². The summed E-state index contributed by atoms with van der Waals surface area (Å²) < 4.78 is 15.3. The van der Waals surface area contributed by atoms with E-state index in [1.54, 1.807) is 6.07 Å². The molecule has 6 heteroatoms. The Hall–Kier alpha value is -1.95. The lowest BCUT2D eigenvalue weighted by atomic mass is 9.87. The third kappa shape index (κ3) is 2.06. The van der Waals surface area contributed by atoms with Crippen molar-refractivity contribution in [3.05, 3.63) is 36.7 Å². The van der Waals surface area contributed by atoms with Crippen molar-refractivity contribution in [2.24, 2.45) is 5.73 Å². The van der Waals surface area contributed by atoms with Crippen LogP contribution in [0.2, 0.25) is 0 Å². The van der Waals surface area contributed by atoms with E-state index in [2.05, 4.69) is 15.4 Å². The molecule has 0 radical (unpaired) electrons. The predicted molar refractivity (Wildman–Crippen MR) is 65.9 cm³/mol. The lowest BCUT2D eigenvalue weighted by Gasteiger charge is -2.33. The SMILES string of the molecule is NC1CC(Nc2ccc(-n3cncn3)c(F)c2)C1. The lowest BCUT2D eigenvalue weighted by molar-refractivity contribution is 0.373. The Morgan fingerprint density at radius 2 is 2.22 bits per heavy atom. The molecule has 1 aromatic heterocycles. The Bertz CT molecular complexity index is 533. The summed E-state index contributed by atoms with van der Waals surface area (Å²) in [7, 11) is 0. The highest BCUT2D eigenvalue weighted by atomic mass is 19.1. The van der Waals surface area contributed by atoms with E-state index >= 15 is 0 Å². The largest absolute Gasteiger partial charge is 0.382 e. The average molecular weight is 247 g/mol. The van der Waals surface area contributed by atoms with Crippen LogP contribution in [0.25, 0.3) is 5.69 Å². The number of anilines is 1. The fourth-order valence-electron chi connectivity index (χ4n) is 2.13. The van der Waals surface area contributed by atoms with Crippen LogP contribution < -0.4 is 11.1 Å². The summed E-state index contributed by atoms with van der Waals surface area (Å²) in [5.41, 5.74) is 6.87. The molecule has 0 aliphatic heterocycles. The monoisotopic (exact) mass is 247 g/mol. The number of rotatable bonds is 3. The van der Waals surface area contributed by atoms with Gasteiger partial charge in [0.05, 0.1) is 0 Å². The highest BCUT2D eigenvalue weighted by Crippen LogP contribution is 2.24. The Labute approximate surface area is 104 Å². The van der Waals surface area contributed by atoms with E-state index in [1.165, 1.54) is 23.4 Å². The van der Waals surface area contributed by atoms with Gasteiger partial charge < -0.3 is 11.1 Å². The third-order valence-electron chi connectivity index (χ3n) is 3.16. The van der Waals surface area contributed by atoms with Gasteiger partial charge in [-0.2, -0.15) is 5.10 Å². The third-order valence-corrected chi connectivity index (χ3v) is 3.16. The van der Waals surface area contributed by atoms with Crippen molar-refractivity contribution in [3.8, 4) is 5.69 Å². The normalized spacial score (nSPS) is 22.6. The maximum absolute atomic E-state index is 13.9. The molecule has 0 spiro atoms. The van der Waals surface area contributed by atoms with Crippen molar-refractivity contribution in [1.82, 2.24) is 14.8 Å². The highest BCUT2D eigenvalue weighted by molar-refractivity contribution is 5.50. The fourth-order valence-corrected chi connectivity index (χ4v) is 2.13. The molecule has 0 saturated heterocycles. The van der Waals surface area contributed by atoms with Gasteiger partial charge in [-0.1, -0.05) is 0 Å². The molecule has 1 saturated carbocycles. The quantitative estimate of drug-likeness (QED) is 0.858. The molecule has 1 aliphatic rings. The first-order chi connectivity index (χ1) is 8.72. The number of hydrogen-bond acceptors (Lipinski definition) is 4. The van der Waals surface area contributed by atoms with E-state index in [4.69, 9.17) is 5.73 Å². The molecular formula is C12H14FN5. The van der Waals surface area contributed by atoms with Crippen LogP contribution in [-0.4, -0.2) is 26.8 Å². The van der Waals surface area contributed by atoms with Crippen molar-refractivity contribution in [1.29, 1.82) is 0 Å². The molecule has 1 heterocycles. The van der Waals surface area contributed by atoms with Gasteiger partial charge in [0.1, 0.15) is 18.3 Å². The van der Waals surface area contributed by atoms with Gasteiger partial charge in [-0.05, 0) is 31.0 Å². The van der Waals surface area contributed by atoms with Crippen LogP contribution in [0.4, 0.5) is 10.1 Å². The molecule has 1 fully saturated rings. The van der Waals surface area contributed by atoms with E-state index in [0.717, 1.165) is 18.5 Å². The zero-order valence-corrected chi connectivity index (χ0v) is 9.75. The average Bonchev–Trinajstić information content (AvgIpc) is 2.80. The van der Waals surface area contributed by atoms with Gasteiger partial charge >= 0.3 is 0 Å². The molecule has 0 unspecified atom stereocenters. The first-order valence-electron chi connectivity index (χ1n) is 5.89. The first-order valence-corrected chi connectivity index (χ1v) is 5.89. The Kier molecular flexibility index (Phi) is 2.71. The molecule has 18 heavy (non-hydrogen) atoms. The number of aromatic nitrogens is 3.